The van der Waals surface area contributed by atoms with Crippen molar-refractivity contribution in [3.8, 4) is 0 Å². The number of methoxy groups -OCH3 is 1. The number of carbonyl (C=O) groups is 2. The lowest BCUT2D eigenvalue weighted by molar-refractivity contribution is 0.0520. The van der Waals surface area contributed by atoms with Gasteiger partial charge in [-0.1, -0.05) is 18.5 Å². The number of carbonyl (C=O) groups excluding carboxylic acids is 2. The number of nitrogens with zero attached hydrogens (tertiary/aromatic N) is 2. The molecule has 0 aromatic carbocycles. The molecular formula is C20H31ClN4O4S. The van der Waals surface area contributed by atoms with Crippen LogP contribution in [-0.2, 0) is 9.47 Å². The molecule has 0 aliphatic rings. The minimum absolute atomic E-state index is 0.175. The van der Waals surface area contributed by atoms with E-state index < -0.39 is 5.97 Å². The van der Waals surface area contributed by atoms with Crippen molar-refractivity contribution in [1.29, 1.82) is 0 Å². The number of rotatable bonds is 10. The molecule has 2 aromatic heterocycles. The zero-order valence-corrected chi connectivity index (χ0v) is 19.8. The number of ether oxygens (including phenoxy) is 2. The molecule has 2 N–H and O–H groups in total. The van der Waals surface area contributed by atoms with Crippen LogP contribution in [-0.4, -0.2) is 62.3 Å². The van der Waals surface area contributed by atoms with E-state index in [-0.39, 0.29) is 5.91 Å². The molecule has 2 aromatic rings. The van der Waals surface area contributed by atoms with Crippen LogP contribution in [0.2, 0.25) is 5.02 Å². The topological polar surface area (TPSA) is 96.6 Å². The summed E-state index contributed by atoms with van der Waals surface area (Å²) >= 11 is 7.39. The van der Waals surface area contributed by atoms with E-state index in [4.69, 9.17) is 16.3 Å². The van der Waals surface area contributed by atoms with E-state index in [1.165, 1.54) is 11.3 Å². The van der Waals surface area contributed by atoms with Crippen molar-refractivity contribution in [1.82, 2.24) is 15.3 Å². The Hall–Kier alpha value is -2.10. The number of aromatic amines is 1. The molecular weight excluding hydrogens is 428 g/mol. The van der Waals surface area contributed by atoms with Crippen molar-refractivity contribution in [2.24, 2.45) is 0 Å². The highest BCUT2D eigenvalue weighted by atomic mass is 35.5. The molecule has 1 amide bonds. The minimum atomic E-state index is -0.399. The molecule has 0 unspecified atom stereocenters. The molecule has 0 aliphatic heterocycles. The molecule has 30 heavy (non-hydrogen) atoms. The van der Waals surface area contributed by atoms with Gasteiger partial charge in [-0.15, -0.1) is 11.3 Å². The van der Waals surface area contributed by atoms with Gasteiger partial charge < -0.3 is 24.7 Å². The van der Waals surface area contributed by atoms with Gasteiger partial charge in [-0.05, 0) is 32.8 Å². The first-order chi connectivity index (χ1) is 14.4. The Morgan fingerprint density at radius 1 is 1.30 bits per heavy atom. The molecule has 0 atom stereocenters. The second-order valence-electron chi connectivity index (χ2n) is 6.40. The van der Waals surface area contributed by atoms with Gasteiger partial charge in [0.25, 0.3) is 5.91 Å². The largest absolute Gasteiger partial charge is 0.461 e. The molecule has 8 nitrogen and oxygen atoms in total. The number of thiazole rings is 1. The number of esters is 1. The summed E-state index contributed by atoms with van der Waals surface area (Å²) in [7, 11) is 3.25. The van der Waals surface area contributed by atoms with Crippen LogP contribution >= 0.6 is 22.9 Å². The zero-order valence-electron chi connectivity index (χ0n) is 18.2. The molecule has 0 radical (unpaired) electrons. The highest BCUT2D eigenvalue weighted by Crippen LogP contribution is 2.21. The first-order valence-electron chi connectivity index (χ1n) is 9.78. The number of nitrogens with one attached hydrogen (secondary N) is 2. The van der Waals surface area contributed by atoms with Crippen molar-refractivity contribution < 1.29 is 19.1 Å². The summed E-state index contributed by atoms with van der Waals surface area (Å²) in [6.45, 7) is 8.10. The maximum absolute atomic E-state index is 12.1. The quantitative estimate of drug-likeness (QED) is 0.414. The highest BCUT2D eigenvalue weighted by molar-refractivity contribution is 7.13. The molecule has 0 fully saturated rings. The fourth-order valence-electron chi connectivity index (χ4n) is 2.50. The lowest BCUT2D eigenvalue weighted by Crippen LogP contribution is -2.30. The van der Waals surface area contributed by atoms with Crippen LogP contribution in [0.25, 0.3) is 0 Å². The predicted molar refractivity (Wildman–Crippen MR) is 121 cm³/mol. The number of amides is 1. The summed E-state index contributed by atoms with van der Waals surface area (Å²) in [6, 6.07) is 1.63. The molecule has 168 valence electrons. The smallest absolute Gasteiger partial charge is 0.357 e. The van der Waals surface area contributed by atoms with E-state index in [0.717, 1.165) is 36.8 Å². The number of hydrogen-bond donors (Lipinski definition) is 2. The molecule has 0 aliphatic carbocycles. The van der Waals surface area contributed by atoms with E-state index in [0.29, 0.717) is 29.6 Å². The van der Waals surface area contributed by atoms with Gasteiger partial charge in [0.05, 0.1) is 11.6 Å². The van der Waals surface area contributed by atoms with Crippen LogP contribution in [0.4, 0.5) is 5.13 Å². The average Bonchev–Trinajstić information content (AvgIpc) is 3.32. The summed E-state index contributed by atoms with van der Waals surface area (Å²) in [5.74, 6) is -0.575. The monoisotopic (exact) mass is 458 g/mol. The third-order valence-corrected chi connectivity index (χ3v) is 5.12. The van der Waals surface area contributed by atoms with Crippen LogP contribution < -0.4 is 10.2 Å². The van der Waals surface area contributed by atoms with Crippen molar-refractivity contribution in [2.45, 2.75) is 33.6 Å². The molecule has 2 rings (SSSR count). The highest BCUT2D eigenvalue weighted by Gasteiger charge is 2.16. The second kappa shape index (κ2) is 14.0. The summed E-state index contributed by atoms with van der Waals surface area (Å²) in [5, 5.41) is 5.94. The fraction of sp³-hybridized carbons (Fsp3) is 0.550. The van der Waals surface area contributed by atoms with E-state index in [9.17, 15) is 9.59 Å². The molecule has 2 heterocycles. The Morgan fingerprint density at radius 2 is 2.00 bits per heavy atom. The Morgan fingerprint density at radius 3 is 2.57 bits per heavy atom. The number of aryl methyl sites for hydroxylation is 1. The number of halogens is 1. The molecule has 0 saturated heterocycles. The van der Waals surface area contributed by atoms with E-state index in [1.807, 2.05) is 6.92 Å². The minimum Gasteiger partial charge on any atom is -0.461 e. The van der Waals surface area contributed by atoms with Crippen LogP contribution in [0.3, 0.4) is 0 Å². The van der Waals surface area contributed by atoms with Gasteiger partial charge in [-0.2, -0.15) is 0 Å². The van der Waals surface area contributed by atoms with Crippen LogP contribution in [0.5, 0.6) is 0 Å². The Bertz CT molecular complexity index is 774. The summed E-state index contributed by atoms with van der Waals surface area (Å²) < 4.78 is 9.23. The lowest BCUT2D eigenvalue weighted by atomic mass is 10.3. The standard InChI is InChI=1S/C18H25ClN4O3S.C2H6O/c1-4-8-23(18-22-15(11-27-18)17(25)26-5-2)9-6-7-20-16(24)14-10-13(19)12(3)21-14;1-3-2/h10-11,21H,4-9H2,1-3H3,(H,20,24);1-2H3. The Kier molecular flexibility index (Phi) is 12.1. The molecule has 0 saturated carbocycles. The summed E-state index contributed by atoms with van der Waals surface area (Å²) in [6.07, 6.45) is 1.72. The number of H-pyrrole nitrogens is 1. The third kappa shape index (κ3) is 8.33. The Labute approximate surface area is 186 Å². The van der Waals surface area contributed by atoms with Gasteiger partial charge in [0.1, 0.15) is 5.69 Å². The van der Waals surface area contributed by atoms with Crippen LogP contribution in [0.1, 0.15) is 53.4 Å². The average molecular weight is 459 g/mol. The van der Waals surface area contributed by atoms with Crippen molar-refractivity contribution in [3.63, 3.8) is 0 Å². The van der Waals surface area contributed by atoms with Gasteiger partial charge in [-0.3, -0.25) is 4.79 Å². The predicted octanol–water partition coefficient (Wildman–Crippen LogP) is 3.91. The van der Waals surface area contributed by atoms with Crippen molar-refractivity contribution >= 4 is 39.9 Å². The van der Waals surface area contributed by atoms with Gasteiger partial charge >= 0.3 is 5.97 Å². The van der Waals surface area contributed by atoms with Gasteiger partial charge in [0.2, 0.25) is 0 Å². The van der Waals surface area contributed by atoms with Gasteiger partial charge in [0.15, 0.2) is 10.8 Å². The Balaban J connectivity index is 0.00000141. The maximum Gasteiger partial charge on any atom is 0.357 e. The summed E-state index contributed by atoms with van der Waals surface area (Å²) in [4.78, 5) is 33.4. The SMILES string of the molecule is CCCN(CCCNC(=O)c1cc(Cl)c(C)[nH]1)c1nc(C(=O)OCC)cs1.COC. The third-order valence-electron chi connectivity index (χ3n) is 3.83. The molecule has 0 bridgehead atoms. The van der Waals surface area contributed by atoms with E-state index in [1.54, 1.807) is 32.6 Å². The molecule has 10 heteroatoms. The normalized spacial score (nSPS) is 10.2. The lowest BCUT2D eigenvalue weighted by Gasteiger charge is -2.21. The second-order valence-corrected chi connectivity index (χ2v) is 7.64. The van der Waals surface area contributed by atoms with Crippen molar-refractivity contribution in [2.75, 3.05) is 45.4 Å². The summed E-state index contributed by atoms with van der Waals surface area (Å²) in [5.41, 5.74) is 1.57. The van der Waals surface area contributed by atoms with Crippen LogP contribution in [0.15, 0.2) is 11.4 Å². The zero-order chi connectivity index (χ0) is 22.5. The van der Waals surface area contributed by atoms with Crippen LogP contribution in [0, 0.1) is 6.92 Å². The number of hydrogen-bond acceptors (Lipinski definition) is 7. The number of anilines is 1. The van der Waals surface area contributed by atoms with Gasteiger partial charge in [-0.25, -0.2) is 9.78 Å². The molecule has 0 spiro atoms. The van der Waals surface area contributed by atoms with E-state index >= 15 is 0 Å². The van der Waals surface area contributed by atoms with Crippen molar-refractivity contribution in [3.05, 3.63) is 33.6 Å². The van der Waals surface area contributed by atoms with Gasteiger partial charge in [0, 0.05) is 44.9 Å². The fourth-order valence-corrected chi connectivity index (χ4v) is 3.51. The maximum atomic E-state index is 12.1. The first-order valence-corrected chi connectivity index (χ1v) is 11.0. The number of aromatic nitrogens is 2. The van der Waals surface area contributed by atoms with E-state index in [2.05, 4.69) is 31.8 Å². The first kappa shape index (κ1) is 25.9.